The van der Waals surface area contributed by atoms with Gasteiger partial charge in [0.15, 0.2) is 0 Å². The molecule has 1 aromatic rings. The van der Waals surface area contributed by atoms with Crippen molar-refractivity contribution in [1.29, 1.82) is 0 Å². The Labute approximate surface area is 136 Å². The Hall–Kier alpha value is -1.75. The number of halogens is 1. The number of urea groups is 1. The molecule has 0 bridgehead atoms. The molecule has 0 aliphatic heterocycles. The van der Waals surface area contributed by atoms with Gasteiger partial charge in [0.05, 0.1) is 7.11 Å². The molecule has 5 nitrogen and oxygen atoms in total. The lowest BCUT2D eigenvalue weighted by Gasteiger charge is -2.22. The zero-order chi connectivity index (χ0) is 16.5. The number of amides is 2. The molecular weight excluding hydrogens is 304 g/mol. The summed E-state index contributed by atoms with van der Waals surface area (Å²) in [5.74, 6) is -0.420. The number of rotatable bonds is 7. The maximum atomic E-state index is 11.9. The Bertz CT molecular complexity index is 491. The van der Waals surface area contributed by atoms with E-state index in [0.717, 1.165) is 12.0 Å². The van der Waals surface area contributed by atoms with Crippen LogP contribution < -0.4 is 10.6 Å². The lowest BCUT2D eigenvalue weighted by Crippen LogP contribution is -2.49. The van der Waals surface area contributed by atoms with Crippen molar-refractivity contribution in [3.8, 4) is 0 Å². The highest BCUT2D eigenvalue weighted by atomic mass is 35.5. The van der Waals surface area contributed by atoms with Crippen LogP contribution in [0.25, 0.3) is 0 Å². The van der Waals surface area contributed by atoms with E-state index in [1.54, 1.807) is 0 Å². The number of methoxy groups -OCH3 is 1. The van der Waals surface area contributed by atoms with Gasteiger partial charge in [-0.1, -0.05) is 44.0 Å². The molecule has 22 heavy (non-hydrogen) atoms. The van der Waals surface area contributed by atoms with E-state index in [4.69, 9.17) is 16.3 Å². The van der Waals surface area contributed by atoms with E-state index in [-0.39, 0.29) is 11.9 Å². The lowest BCUT2D eigenvalue weighted by atomic mass is 9.99. The van der Waals surface area contributed by atoms with Gasteiger partial charge in [0, 0.05) is 11.6 Å². The first-order valence-electron chi connectivity index (χ1n) is 7.34. The maximum Gasteiger partial charge on any atom is 0.328 e. The molecule has 0 saturated heterocycles. The summed E-state index contributed by atoms with van der Waals surface area (Å²) in [7, 11) is 1.32. The van der Waals surface area contributed by atoms with E-state index >= 15 is 0 Å². The minimum Gasteiger partial charge on any atom is -0.467 e. The molecule has 122 valence electrons. The van der Waals surface area contributed by atoms with E-state index in [1.165, 1.54) is 7.11 Å². The highest BCUT2D eigenvalue weighted by Gasteiger charge is 2.26. The number of benzene rings is 1. The summed E-state index contributed by atoms with van der Waals surface area (Å²) >= 11 is 5.82. The monoisotopic (exact) mass is 326 g/mol. The summed E-state index contributed by atoms with van der Waals surface area (Å²) in [5, 5.41) is 6.10. The van der Waals surface area contributed by atoms with E-state index in [1.807, 2.05) is 38.1 Å². The Morgan fingerprint density at radius 1 is 1.27 bits per heavy atom. The van der Waals surface area contributed by atoms with E-state index in [2.05, 4.69) is 10.6 Å². The predicted molar refractivity (Wildman–Crippen MR) is 86.9 cm³/mol. The molecule has 0 saturated carbocycles. The van der Waals surface area contributed by atoms with E-state index < -0.39 is 12.0 Å². The number of carbonyl (C=O) groups excluding carboxylic acids is 2. The topological polar surface area (TPSA) is 67.4 Å². The molecule has 1 rings (SSSR count). The van der Waals surface area contributed by atoms with Gasteiger partial charge < -0.3 is 15.4 Å². The molecule has 2 N–H and O–H groups in total. The van der Waals surface area contributed by atoms with Crippen LogP contribution in [0.4, 0.5) is 4.79 Å². The second-order valence-corrected chi connectivity index (χ2v) is 5.60. The van der Waals surface area contributed by atoms with Crippen LogP contribution in [-0.4, -0.2) is 31.7 Å². The molecule has 0 spiro atoms. The summed E-state index contributed by atoms with van der Waals surface area (Å²) < 4.78 is 4.73. The Morgan fingerprint density at radius 2 is 1.91 bits per heavy atom. The lowest BCUT2D eigenvalue weighted by molar-refractivity contribution is -0.144. The molecule has 0 radical (unpaired) electrons. The number of esters is 1. The minimum absolute atomic E-state index is 0.00876. The number of ether oxygens (including phenoxy) is 1. The zero-order valence-corrected chi connectivity index (χ0v) is 13.9. The standard InChI is InChI=1S/C16H23ClN2O3/c1-4-11(2)14(15(20)22-3)19-16(21)18-10-9-12-5-7-13(17)8-6-12/h5-8,11,14H,4,9-10H2,1-3H3,(H2,18,19,21)/t11-,14-/m0/s1. The van der Waals surface area contributed by atoms with Crippen LogP contribution in [0, 0.1) is 5.92 Å². The molecule has 2 amide bonds. The van der Waals surface area contributed by atoms with Crippen molar-refractivity contribution >= 4 is 23.6 Å². The Morgan fingerprint density at radius 3 is 2.45 bits per heavy atom. The maximum absolute atomic E-state index is 11.9. The number of carbonyl (C=O) groups is 2. The Kier molecular flexibility index (Phi) is 7.74. The normalized spacial score (nSPS) is 13.1. The summed E-state index contributed by atoms with van der Waals surface area (Å²) in [6, 6.07) is 6.45. The SMILES string of the molecule is CC[C@H](C)[C@H](NC(=O)NCCc1ccc(Cl)cc1)C(=O)OC. The third kappa shape index (κ3) is 5.93. The van der Waals surface area contributed by atoms with Crippen LogP contribution >= 0.6 is 11.6 Å². The first-order valence-corrected chi connectivity index (χ1v) is 7.72. The molecule has 2 atom stereocenters. The zero-order valence-electron chi connectivity index (χ0n) is 13.2. The summed E-state index contributed by atoms with van der Waals surface area (Å²) in [5.41, 5.74) is 1.08. The highest BCUT2D eigenvalue weighted by molar-refractivity contribution is 6.30. The molecule has 0 aliphatic carbocycles. The molecule has 0 heterocycles. The molecule has 0 unspecified atom stereocenters. The number of nitrogens with one attached hydrogen (secondary N) is 2. The average Bonchev–Trinajstić information content (AvgIpc) is 2.53. The van der Waals surface area contributed by atoms with Gasteiger partial charge in [-0.15, -0.1) is 0 Å². The fraction of sp³-hybridized carbons (Fsp3) is 0.500. The van der Waals surface area contributed by atoms with Crippen LogP contribution in [0.2, 0.25) is 5.02 Å². The van der Waals surface area contributed by atoms with Gasteiger partial charge >= 0.3 is 12.0 Å². The van der Waals surface area contributed by atoms with Crippen molar-refractivity contribution in [2.24, 2.45) is 5.92 Å². The third-order valence-corrected chi connectivity index (χ3v) is 3.82. The van der Waals surface area contributed by atoms with Crippen LogP contribution in [0.1, 0.15) is 25.8 Å². The first kappa shape index (κ1) is 18.3. The molecule has 1 aromatic carbocycles. The second-order valence-electron chi connectivity index (χ2n) is 5.16. The summed E-state index contributed by atoms with van der Waals surface area (Å²) in [6.45, 7) is 4.33. The van der Waals surface area contributed by atoms with Crippen LogP contribution in [-0.2, 0) is 16.0 Å². The van der Waals surface area contributed by atoms with Crippen molar-refractivity contribution in [2.45, 2.75) is 32.7 Å². The van der Waals surface area contributed by atoms with Gasteiger partial charge in [0.1, 0.15) is 6.04 Å². The molecule has 0 fully saturated rings. The largest absolute Gasteiger partial charge is 0.467 e. The minimum atomic E-state index is -0.634. The van der Waals surface area contributed by atoms with Crippen molar-refractivity contribution in [3.05, 3.63) is 34.9 Å². The van der Waals surface area contributed by atoms with Gasteiger partial charge in [-0.05, 0) is 30.0 Å². The van der Waals surface area contributed by atoms with Gasteiger partial charge in [-0.25, -0.2) is 9.59 Å². The summed E-state index contributed by atoms with van der Waals surface area (Å²) in [6.07, 6.45) is 1.46. The van der Waals surface area contributed by atoms with Crippen LogP contribution in [0.5, 0.6) is 0 Å². The first-order chi connectivity index (χ1) is 10.5. The fourth-order valence-corrected chi connectivity index (χ4v) is 2.09. The van der Waals surface area contributed by atoms with E-state index in [0.29, 0.717) is 18.0 Å². The molecule has 0 aromatic heterocycles. The molecular formula is C16H23ClN2O3. The van der Waals surface area contributed by atoms with Crippen molar-refractivity contribution < 1.29 is 14.3 Å². The Balaban J connectivity index is 2.43. The average molecular weight is 327 g/mol. The fourth-order valence-electron chi connectivity index (χ4n) is 1.96. The van der Waals surface area contributed by atoms with Crippen molar-refractivity contribution in [1.82, 2.24) is 10.6 Å². The van der Waals surface area contributed by atoms with E-state index in [9.17, 15) is 9.59 Å². The quantitative estimate of drug-likeness (QED) is 0.757. The van der Waals surface area contributed by atoms with Crippen molar-refractivity contribution in [3.63, 3.8) is 0 Å². The van der Waals surface area contributed by atoms with Gasteiger partial charge in [0.25, 0.3) is 0 Å². The predicted octanol–water partition coefficient (Wildman–Crippen LogP) is 2.77. The van der Waals surface area contributed by atoms with Crippen LogP contribution in [0.3, 0.4) is 0 Å². The van der Waals surface area contributed by atoms with Crippen molar-refractivity contribution in [2.75, 3.05) is 13.7 Å². The van der Waals surface area contributed by atoms with Crippen LogP contribution in [0.15, 0.2) is 24.3 Å². The molecule has 0 aliphatic rings. The summed E-state index contributed by atoms with van der Waals surface area (Å²) in [4.78, 5) is 23.6. The molecule has 6 heteroatoms. The second kappa shape index (κ2) is 9.30. The third-order valence-electron chi connectivity index (χ3n) is 3.57. The number of hydrogen-bond acceptors (Lipinski definition) is 3. The number of hydrogen-bond donors (Lipinski definition) is 2. The smallest absolute Gasteiger partial charge is 0.328 e. The van der Waals surface area contributed by atoms with Gasteiger partial charge in [-0.2, -0.15) is 0 Å². The van der Waals surface area contributed by atoms with Gasteiger partial charge in [-0.3, -0.25) is 0 Å². The van der Waals surface area contributed by atoms with Gasteiger partial charge in [0.2, 0.25) is 0 Å². The highest BCUT2D eigenvalue weighted by Crippen LogP contribution is 2.10.